The maximum atomic E-state index is 12.7. The summed E-state index contributed by atoms with van der Waals surface area (Å²) in [6, 6.07) is 0.172. The summed E-state index contributed by atoms with van der Waals surface area (Å²) in [7, 11) is 0. The molecule has 1 atom stereocenters. The van der Waals surface area contributed by atoms with Gasteiger partial charge in [-0.3, -0.25) is 4.79 Å². The molecule has 0 spiro atoms. The number of aliphatic hydroxyl groups is 1. The molecule has 136 valence electrons. The number of nitrogens with zero attached hydrogens (tertiary/aromatic N) is 5. The highest BCUT2D eigenvalue weighted by atomic mass is 16.5. The van der Waals surface area contributed by atoms with Gasteiger partial charge < -0.3 is 14.5 Å². The van der Waals surface area contributed by atoms with Crippen molar-refractivity contribution in [1.29, 1.82) is 0 Å². The second kappa shape index (κ2) is 6.59. The smallest absolute Gasteiger partial charge is 0.227 e. The number of piperidine rings is 1. The topological polar surface area (TPSA) is 97.3 Å². The van der Waals surface area contributed by atoms with Gasteiger partial charge in [-0.05, 0) is 40.5 Å². The van der Waals surface area contributed by atoms with Gasteiger partial charge in [-0.1, -0.05) is 10.4 Å². The Morgan fingerprint density at radius 3 is 2.80 bits per heavy atom. The van der Waals surface area contributed by atoms with Gasteiger partial charge in [-0.2, -0.15) is 0 Å². The number of rotatable bonds is 4. The lowest BCUT2D eigenvalue weighted by Crippen LogP contribution is -2.49. The van der Waals surface area contributed by atoms with E-state index in [0.717, 1.165) is 17.7 Å². The van der Waals surface area contributed by atoms with Crippen LogP contribution in [0, 0.1) is 13.8 Å². The Morgan fingerprint density at radius 2 is 2.20 bits per heavy atom. The highest BCUT2D eigenvalue weighted by Gasteiger charge is 2.39. The van der Waals surface area contributed by atoms with Crippen LogP contribution >= 0.6 is 0 Å². The maximum Gasteiger partial charge on any atom is 0.227 e. The molecular formula is C17H25N5O3. The van der Waals surface area contributed by atoms with E-state index in [1.165, 1.54) is 0 Å². The predicted molar refractivity (Wildman–Crippen MR) is 89.8 cm³/mol. The summed E-state index contributed by atoms with van der Waals surface area (Å²) in [6.45, 7) is 8.50. The van der Waals surface area contributed by atoms with Crippen LogP contribution in [0.1, 0.15) is 55.4 Å². The molecule has 8 heteroatoms. The third-order valence-corrected chi connectivity index (χ3v) is 4.85. The fourth-order valence-corrected chi connectivity index (χ4v) is 3.22. The number of β-amino-alcohol motifs (C(OH)–C–C–N with tert-alkyl or cyclic N) is 1. The SMILES string of the molecule is Cc1noc(C)c1CC(=O)N1CCCC(O)(c2cn(C(C)C)nn2)C1. The number of amides is 1. The minimum Gasteiger partial charge on any atom is -0.382 e. The van der Waals surface area contributed by atoms with E-state index in [9.17, 15) is 9.90 Å². The van der Waals surface area contributed by atoms with Crippen LogP contribution in [0.15, 0.2) is 10.7 Å². The first-order valence-corrected chi connectivity index (χ1v) is 8.64. The highest BCUT2D eigenvalue weighted by molar-refractivity contribution is 5.79. The van der Waals surface area contributed by atoms with Crippen LogP contribution < -0.4 is 0 Å². The number of carbonyl (C=O) groups excluding carboxylic acids is 1. The third-order valence-electron chi connectivity index (χ3n) is 4.85. The van der Waals surface area contributed by atoms with Crippen molar-refractivity contribution in [3.05, 3.63) is 28.9 Å². The number of aryl methyl sites for hydroxylation is 2. The molecule has 1 aliphatic heterocycles. The van der Waals surface area contributed by atoms with Gasteiger partial charge in [0.1, 0.15) is 17.1 Å². The molecule has 2 aromatic rings. The lowest BCUT2D eigenvalue weighted by Gasteiger charge is -2.38. The van der Waals surface area contributed by atoms with Gasteiger partial charge in [0.05, 0.1) is 24.9 Å². The van der Waals surface area contributed by atoms with Crippen LogP contribution in [0.3, 0.4) is 0 Å². The normalized spacial score (nSPS) is 21.1. The number of aromatic nitrogens is 4. The van der Waals surface area contributed by atoms with Crippen LogP contribution in [-0.4, -0.2) is 49.2 Å². The minimum atomic E-state index is -1.15. The van der Waals surface area contributed by atoms with Crippen LogP contribution in [-0.2, 0) is 16.8 Å². The van der Waals surface area contributed by atoms with E-state index in [1.54, 1.807) is 22.7 Å². The zero-order valence-electron chi connectivity index (χ0n) is 15.2. The van der Waals surface area contributed by atoms with Gasteiger partial charge in [0.15, 0.2) is 0 Å². The fourth-order valence-electron chi connectivity index (χ4n) is 3.22. The Labute approximate surface area is 146 Å². The summed E-state index contributed by atoms with van der Waals surface area (Å²) in [6.07, 6.45) is 3.29. The zero-order valence-corrected chi connectivity index (χ0v) is 15.2. The molecule has 0 aromatic carbocycles. The van der Waals surface area contributed by atoms with E-state index in [1.807, 2.05) is 20.8 Å². The van der Waals surface area contributed by atoms with E-state index in [0.29, 0.717) is 24.4 Å². The van der Waals surface area contributed by atoms with Gasteiger partial charge in [0, 0.05) is 18.2 Å². The molecule has 0 aliphatic carbocycles. The van der Waals surface area contributed by atoms with Gasteiger partial charge in [0.2, 0.25) is 5.91 Å². The van der Waals surface area contributed by atoms with E-state index in [2.05, 4.69) is 15.5 Å². The van der Waals surface area contributed by atoms with Crippen molar-refractivity contribution in [1.82, 2.24) is 25.1 Å². The summed E-state index contributed by atoms with van der Waals surface area (Å²) in [5.41, 5.74) is 0.929. The zero-order chi connectivity index (χ0) is 18.2. The molecule has 2 aromatic heterocycles. The first kappa shape index (κ1) is 17.6. The molecule has 3 heterocycles. The quantitative estimate of drug-likeness (QED) is 0.900. The molecule has 8 nitrogen and oxygen atoms in total. The molecule has 1 unspecified atom stereocenters. The second-order valence-corrected chi connectivity index (χ2v) is 7.11. The number of hydrogen-bond donors (Lipinski definition) is 1. The fraction of sp³-hybridized carbons (Fsp3) is 0.647. The molecule has 3 rings (SSSR count). The molecule has 1 N–H and O–H groups in total. The van der Waals surface area contributed by atoms with E-state index in [-0.39, 0.29) is 24.9 Å². The van der Waals surface area contributed by atoms with Crippen LogP contribution in [0.25, 0.3) is 0 Å². The summed E-state index contributed by atoms with van der Waals surface area (Å²) >= 11 is 0. The molecule has 0 radical (unpaired) electrons. The van der Waals surface area contributed by atoms with E-state index < -0.39 is 5.60 Å². The Kier molecular flexibility index (Phi) is 4.64. The number of likely N-dealkylation sites (tertiary alicyclic amines) is 1. The van der Waals surface area contributed by atoms with Crippen molar-refractivity contribution >= 4 is 5.91 Å². The Bertz CT molecular complexity index is 747. The first-order valence-electron chi connectivity index (χ1n) is 8.64. The average molecular weight is 347 g/mol. The van der Waals surface area contributed by atoms with Crippen molar-refractivity contribution in [2.75, 3.05) is 13.1 Å². The highest BCUT2D eigenvalue weighted by Crippen LogP contribution is 2.31. The van der Waals surface area contributed by atoms with E-state index >= 15 is 0 Å². The van der Waals surface area contributed by atoms with E-state index in [4.69, 9.17) is 4.52 Å². The third kappa shape index (κ3) is 3.44. The van der Waals surface area contributed by atoms with Crippen molar-refractivity contribution < 1.29 is 14.4 Å². The van der Waals surface area contributed by atoms with Crippen LogP contribution in [0.4, 0.5) is 0 Å². The molecule has 0 saturated carbocycles. The lowest BCUT2D eigenvalue weighted by molar-refractivity contribution is -0.138. The van der Waals surface area contributed by atoms with Crippen molar-refractivity contribution in [2.45, 2.75) is 58.6 Å². The maximum absolute atomic E-state index is 12.7. The molecule has 1 saturated heterocycles. The molecule has 25 heavy (non-hydrogen) atoms. The number of hydrogen-bond acceptors (Lipinski definition) is 6. The monoisotopic (exact) mass is 347 g/mol. The Balaban J connectivity index is 1.74. The van der Waals surface area contributed by atoms with Gasteiger partial charge in [0.25, 0.3) is 0 Å². The second-order valence-electron chi connectivity index (χ2n) is 7.11. The van der Waals surface area contributed by atoms with Crippen LogP contribution in [0.2, 0.25) is 0 Å². The largest absolute Gasteiger partial charge is 0.382 e. The molecular weight excluding hydrogens is 322 g/mol. The summed E-state index contributed by atoms with van der Waals surface area (Å²) in [5.74, 6) is 0.627. The summed E-state index contributed by atoms with van der Waals surface area (Å²) < 4.78 is 6.85. The molecule has 1 amide bonds. The Morgan fingerprint density at radius 1 is 1.44 bits per heavy atom. The average Bonchev–Trinajstić information content (AvgIpc) is 3.18. The van der Waals surface area contributed by atoms with Crippen molar-refractivity contribution in [3.8, 4) is 0 Å². The summed E-state index contributed by atoms with van der Waals surface area (Å²) in [4.78, 5) is 14.4. The van der Waals surface area contributed by atoms with Gasteiger partial charge >= 0.3 is 0 Å². The minimum absolute atomic E-state index is 0.0382. The van der Waals surface area contributed by atoms with Crippen LogP contribution in [0.5, 0.6) is 0 Å². The summed E-state index contributed by atoms with van der Waals surface area (Å²) in [5, 5.41) is 23.1. The lowest BCUT2D eigenvalue weighted by atomic mass is 9.89. The van der Waals surface area contributed by atoms with Gasteiger partial charge in [-0.15, -0.1) is 5.10 Å². The number of carbonyl (C=O) groups is 1. The molecule has 1 fully saturated rings. The molecule has 1 aliphatic rings. The standard InChI is InChI=1S/C17H25N5O3/c1-11(2)22-9-15(18-20-22)17(24)6-5-7-21(10-17)16(23)8-14-12(3)19-25-13(14)4/h9,11,24H,5-8,10H2,1-4H3. The first-order chi connectivity index (χ1) is 11.8. The van der Waals surface area contributed by atoms with Gasteiger partial charge in [-0.25, -0.2) is 4.68 Å². The van der Waals surface area contributed by atoms with Crippen molar-refractivity contribution in [2.24, 2.45) is 0 Å². The predicted octanol–water partition coefficient (Wildman–Crippen LogP) is 1.52. The Hall–Kier alpha value is -2.22. The molecule has 0 bridgehead atoms. The van der Waals surface area contributed by atoms with Crippen molar-refractivity contribution in [3.63, 3.8) is 0 Å².